The Morgan fingerprint density at radius 1 is 1.00 bits per heavy atom. The molecule has 0 spiro atoms. The molecule has 1 aromatic heterocycles. The molecule has 3 rings (SSSR count). The van der Waals surface area contributed by atoms with Gasteiger partial charge in [0.1, 0.15) is 6.61 Å². The molecule has 0 bridgehead atoms. The van der Waals surface area contributed by atoms with Crippen LogP contribution in [-0.4, -0.2) is 14.7 Å². The zero-order valence-electron chi connectivity index (χ0n) is 14.6. The Kier molecular flexibility index (Phi) is 6.23. The number of ether oxygens (including phenoxy) is 1. The first-order chi connectivity index (χ1) is 12.3. The monoisotopic (exact) mass is 342 g/mol. The lowest BCUT2D eigenvalue weighted by Gasteiger charge is -2.21. The van der Waals surface area contributed by atoms with Crippen molar-refractivity contribution in [2.24, 2.45) is 0 Å². The van der Waals surface area contributed by atoms with E-state index in [0.717, 1.165) is 24.0 Å². The molecule has 1 aliphatic carbocycles. The van der Waals surface area contributed by atoms with Crippen molar-refractivity contribution in [3.63, 3.8) is 0 Å². The van der Waals surface area contributed by atoms with Crippen LogP contribution in [0.3, 0.4) is 0 Å². The Hall–Kier alpha value is -2.14. The number of aromatic nitrogens is 2. The molecule has 0 saturated heterocycles. The predicted octanol–water partition coefficient (Wildman–Crippen LogP) is 3.60. The molecule has 2 aromatic rings. The third-order valence-electron chi connectivity index (χ3n) is 4.86. The smallest absolute Gasteiger partial charge is 0.351 e. The maximum absolute atomic E-state index is 12.4. The zero-order chi connectivity index (χ0) is 17.5. The van der Waals surface area contributed by atoms with Crippen molar-refractivity contribution in [3.8, 4) is 5.88 Å². The van der Waals surface area contributed by atoms with E-state index in [9.17, 15) is 4.79 Å². The van der Waals surface area contributed by atoms with E-state index >= 15 is 0 Å². The summed E-state index contributed by atoms with van der Waals surface area (Å²) < 4.78 is 7.42. The van der Waals surface area contributed by atoms with E-state index in [4.69, 9.17) is 9.84 Å². The summed E-state index contributed by atoms with van der Waals surface area (Å²) in [7, 11) is 0. The fraction of sp³-hybridized carbons (Fsp3) is 0.500. The van der Waals surface area contributed by atoms with Crippen molar-refractivity contribution in [3.05, 3.63) is 58.1 Å². The largest absolute Gasteiger partial charge is 0.473 e. The van der Waals surface area contributed by atoms with Crippen LogP contribution in [0, 0.1) is 0 Å². The van der Waals surface area contributed by atoms with Crippen LogP contribution in [0.25, 0.3) is 0 Å². The molecule has 1 saturated carbocycles. The first kappa shape index (κ1) is 17.7. The topological polar surface area (TPSA) is 64.3 Å². The summed E-state index contributed by atoms with van der Waals surface area (Å²) in [6, 6.07) is 9.57. The van der Waals surface area contributed by atoms with Crippen molar-refractivity contribution < 1.29 is 9.84 Å². The highest BCUT2D eigenvalue weighted by Gasteiger charge is 2.15. The lowest BCUT2D eigenvalue weighted by atomic mass is 9.96. The van der Waals surface area contributed by atoms with Crippen molar-refractivity contribution in [1.82, 2.24) is 9.55 Å². The highest BCUT2D eigenvalue weighted by molar-refractivity contribution is 5.22. The van der Waals surface area contributed by atoms with Crippen molar-refractivity contribution in [2.45, 2.75) is 64.2 Å². The Balaban J connectivity index is 1.63. The quantitative estimate of drug-likeness (QED) is 0.902. The normalized spacial score (nSPS) is 16.2. The van der Waals surface area contributed by atoms with Crippen LogP contribution in [0.5, 0.6) is 5.88 Å². The van der Waals surface area contributed by atoms with Gasteiger partial charge in [-0.25, -0.2) is 4.79 Å². The molecule has 0 radical (unpaired) electrons. The average Bonchev–Trinajstić information content (AvgIpc) is 2.61. The second-order valence-electron chi connectivity index (χ2n) is 6.72. The molecule has 1 N–H and O–H groups in total. The molecule has 0 unspecified atom stereocenters. The number of benzene rings is 1. The molecule has 5 nitrogen and oxygen atoms in total. The van der Waals surface area contributed by atoms with Gasteiger partial charge in [0.25, 0.3) is 0 Å². The molecule has 134 valence electrons. The molecular formula is C20H26N2O3. The van der Waals surface area contributed by atoms with Gasteiger partial charge in [-0.15, -0.1) is 0 Å². The van der Waals surface area contributed by atoms with E-state index < -0.39 is 0 Å². The average molecular weight is 342 g/mol. The van der Waals surface area contributed by atoms with Crippen LogP contribution in [-0.2, 0) is 13.2 Å². The first-order valence-electron chi connectivity index (χ1n) is 9.17. The van der Waals surface area contributed by atoms with Crippen LogP contribution in [0.2, 0.25) is 0 Å². The van der Waals surface area contributed by atoms with Crippen molar-refractivity contribution >= 4 is 0 Å². The highest BCUT2D eigenvalue weighted by atomic mass is 16.5. The number of hydrogen-bond acceptors (Lipinski definition) is 4. The minimum Gasteiger partial charge on any atom is -0.473 e. The molecule has 1 heterocycles. The summed E-state index contributed by atoms with van der Waals surface area (Å²) in [5, 5.41) is 9.06. The van der Waals surface area contributed by atoms with E-state index in [2.05, 4.69) is 4.98 Å². The number of aliphatic hydroxyl groups excluding tert-OH is 1. The van der Waals surface area contributed by atoms with Crippen LogP contribution in [0.15, 0.2) is 41.3 Å². The Labute approximate surface area is 148 Å². The SMILES string of the molecule is O=c1nc(OCc2ccc(CO)cc2)ccn1C1CCCCCCC1. The second-order valence-corrected chi connectivity index (χ2v) is 6.72. The van der Waals surface area contributed by atoms with Crippen molar-refractivity contribution in [2.75, 3.05) is 0 Å². The maximum atomic E-state index is 12.4. The lowest BCUT2D eigenvalue weighted by molar-refractivity contribution is 0.280. The van der Waals surface area contributed by atoms with Crippen LogP contribution >= 0.6 is 0 Å². The third-order valence-corrected chi connectivity index (χ3v) is 4.86. The fourth-order valence-corrected chi connectivity index (χ4v) is 3.37. The predicted molar refractivity (Wildman–Crippen MR) is 96.5 cm³/mol. The molecule has 25 heavy (non-hydrogen) atoms. The van der Waals surface area contributed by atoms with Crippen LogP contribution < -0.4 is 10.4 Å². The minimum absolute atomic E-state index is 0.0298. The number of aliphatic hydroxyl groups is 1. The molecule has 1 aromatic carbocycles. The Bertz CT molecular complexity index is 716. The van der Waals surface area contributed by atoms with E-state index in [0.29, 0.717) is 12.5 Å². The van der Waals surface area contributed by atoms with E-state index in [1.54, 1.807) is 10.6 Å². The Morgan fingerprint density at radius 2 is 1.64 bits per heavy atom. The van der Waals surface area contributed by atoms with Gasteiger partial charge in [0.2, 0.25) is 5.88 Å². The molecule has 5 heteroatoms. The molecule has 0 atom stereocenters. The molecule has 0 aliphatic heterocycles. The van der Waals surface area contributed by atoms with Crippen LogP contribution in [0.1, 0.15) is 62.1 Å². The highest BCUT2D eigenvalue weighted by Crippen LogP contribution is 2.25. The molecule has 1 fully saturated rings. The summed E-state index contributed by atoms with van der Waals surface area (Å²) >= 11 is 0. The van der Waals surface area contributed by atoms with Gasteiger partial charge in [-0.2, -0.15) is 4.98 Å². The molecule has 1 aliphatic rings. The second kappa shape index (κ2) is 8.81. The summed E-state index contributed by atoms with van der Waals surface area (Å²) in [5.74, 6) is 0.360. The van der Waals surface area contributed by atoms with Gasteiger partial charge in [0, 0.05) is 18.3 Å². The van der Waals surface area contributed by atoms with E-state index in [1.807, 2.05) is 30.5 Å². The standard InChI is InChI=1S/C20H26N2O3/c23-14-16-8-10-17(11-9-16)15-25-19-12-13-22(20(24)21-19)18-6-4-2-1-3-5-7-18/h8-13,18,23H,1-7,14-15H2. The minimum atomic E-state index is -0.223. The fourth-order valence-electron chi connectivity index (χ4n) is 3.37. The number of rotatable bonds is 5. The van der Waals surface area contributed by atoms with Gasteiger partial charge in [-0.05, 0) is 24.0 Å². The number of hydrogen-bond donors (Lipinski definition) is 1. The van der Waals surface area contributed by atoms with Crippen molar-refractivity contribution in [1.29, 1.82) is 0 Å². The Morgan fingerprint density at radius 3 is 2.28 bits per heavy atom. The van der Waals surface area contributed by atoms with Gasteiger partial charge in [-0.1, -0.05) is 56.4 Å². The van der Waals surface area contributed by atoms with Gasteiger partial charge >= 0.3 is 5.69 Å². The number of nitrogens with zero attached hydrogens (tertiary/aromatic N) is 2. The summed E-state index contributed by atoms with van der Waals surface area (Å²) in [6.07, 6.45) is 10.1. The van der Waals surface area contributed by atoms with Gasteiger partial charge in [0.15, 0.2) is 0 Å². The summed E-state index contributed by atoms with van der Waals surface area (Å²) in [5.41, 5.74) is 1.62. The van der Waals surface area contributed by atoms with E-state index in [1.165, 1.54) is 32.1 Å². The van der Waals surface area contributed by atoms with Gasteiger partial charge in [0.05, 0.1) is 6.61 Å². The summed E-state index contributed by atoms with van der Waals surface area (Å²) in [4.78, 5) is 16.5. The van der Waals surface area contributed by atoms with Gasteiger partial charge < -0.3 is 9.84 Å². The third kappa shape index (κ3) is 4.92. The molecular weight excluding hydrogens is 316 g/mol. The zero-order valence-corrected chi connectivity index (χ0v) is 14.6. The lowest BCUT2D eigenvalue weighted by Crippen LogP contribution is -2.27. The maximum Gasteiger partial charge on any atom is 0.351 e. The summed E-state index contributed by atoms with van der Waals surface area (Å²) in [6.45, 7) is 0.383. The van der Waals surface area contributed by atoms with E-state index in [-0.39, 0.29) is 18.3 Å². The van der Waals surface area contributed by atoms with Crippen LogP contribution in [0.4, 0.5) is 0 Å². The van der Waals surface area contributed by atoms with Gasteiger partial charge in [-0.3, -0.25) is 4.57 Å². The first-order valence-corrected chi connectivity index (χ1v) is 9.17. The molecule has 0 amide bonds.